The average Bonchev–Trinajstić information content (AvgIpc) is 2.54. The summed E-state index contributed by atoms with van der Waals surface area (Å²) in [4.78, 5) is 14.3. The normalized spacial score (nSPS) is 19.1. The number of aliphatic hydroxyl groups excluding tert-OH is 1. The molecule has 0 spiro atoms. The summed E-state index contributed by atoms with van der Waals surface area (Å²) in [6, 6.07) is 4.68. The first-order chi connectivity index (χ1) is 10.6. The maximum absolute atomic E-state index is 12.0. The molecule has 1 amide bonds. The van der Waals surface area contributed by atoms with Crippen molar-refractivity contribution in [2.75, 3.05) is 26.2 Å². The second kappa shape index (κ2) is 8.36. The monoisotopic (exact) mass is 326 g/mol. The summed E-state index contributed by atoms with van der Waals surface area (Å²) in [6.45, 7) is 2.68. The fraction of sp³-hybridized carbons (Fsp3) is 0.562. The van der Waals surface area contributed by atoms with Crippen LogP contribution >= 0.6 is 11.6 Å². The third kappa shape index (κ3) is 4.60. The first kappa shape index (κ1) is 17.1. The molecule has 0 aromatic heterocycles. The molecule has 6 heteroatoms. The molecule has 5 nitrogen and oxygen atoms in total. The third-order valence-electron chi connectivity index (χ3n) is 4.08. The van der Waals surface area contributed by atoms with E-state index in [2.05, 4.69) is 10.2 Å². The number of amides is 1. The van der Waals surface area contributed by atoms with Crippen molar-refractivity contribution in [1.29, 1.82) is 0 Å². The second-order valence-electron chi connectivity index (χ2n) is 5.64. The summed E-state index contributed by atoms with van der Waals surface area (Å²) in [6.07, 6.45) is 4.25. The topological polar surface area (TPSA) is 72.8 Å². The average molecular weight is 327 g/mol. The molecule has 22 heavy (non-hydrogen) atoms. The molecule has 1 aliphatic rings. The molecule has 0 saturated carbocycles. The quantitative estimate of drug-likeness (QED) is 0.699. The number of carbonyl (C=O) groups is 1. The number of nitrogens with one attached hydrogen (secondary N) is 1. The highest BCUT2D eigenvalue weighted by Crippen LogP contribution is 2.23. The zero-order valence-electron chi connectivity index (χ0n) is 12.6. The Balaban J connectivity index is 1.73. The van der Waals surface area contributed by atoms with E-state index in [1.165, 1.54) is 25.0 Å². The smallest absolute Gasteiger partial charge is 0.251 e. The number of benzene rings is 1. The number of nitrogens with zero attached hydrogens (tertiary/aromatic N) is 1. The Morgan fingerprint density at radius 3 is 2.95 bits per heavy atom. The van der Waals surface area contributed by atoms with Gasteiger partial charge >= 0.3 is 0 Å². The number of aliphatic hydroxyl groups is 1. The largest absolute Gasteiger partial charge is 0.506 e. The van der Waals surface area contributed by atoms with Crippen LogP contribution in [0.1, 0.15) is 36.0 Å². The van der Waals surface area contributed by atoms with Gasteiger partial charge in [-0.1, -0.05) is 18.0 Å². The molecule has 1 aromatic carbocycles. The lowest BCUT2D eigenvalue weighted by atomic mass is 10.0. The molecule has 1 aliphatic heterocycles. The van der Waals surface area contributed by atoms with Crippen LogP contribution in [0.15, 0.2) is 18.2 Å². The molecule has 122 valence electrons. The van der Waals surface area contributed by atoms with E-state index in [-0.39, 0.29) is 29.3 Å². The van der Waals surface area contributed by atoms with Crippen molar-refractivity contribution in [3.63, 3.8) is 0 Å². The van der Waals surface area contributed by atoms with Crippen LogP contribution in [0.4, 0.5) is 0 Å². The highest BCUT2D eigenvalue weighted by Gasteiger charge is 2.20. The predicted octanol–water partition coefficient (Wildman–Crippen LogP) is 2.01. The lowest BCUT2D eigenvalue weighted by molar-refractivity contribution is 0.0868. The van der Waals surface area contributed by atoms with Crippen LogP contribution in [0.5, 0.6) is 5.75 Å². The van der Waals surface area contributed by atoms with E-state index in [1.807, 2.05) is 0 Å². The Bertz CT molecular complexity index is 510. The number of likely N-dealkylation sites (tertiary alicyclic amines) is 1. The number of hydrogen-bond donors (Lipinski definition) is 3. The lowest BCUT2D eigenvalue weighted by Gasteiger charge is -2.34. The van der Waals surface area contributed by atoms with Gasteiger partial charge in [0.15, 0.2) is 0 Å². The summed E-state index contributed by atoms with van der Waals surface area (Å²) < 4.78 is 0. The van der Waals surface area contributed by atoms with Gasteiger partial charge in [0, 0.05) is 24.7 Å². The standard InChI is InChI=1S/C16H23ClN2O3/c17-14-10-12(5-6-15(14)21)16(22)18-7-3-9-19-8-2-1-4-13(19)11-20/h5-6,10,13,20-21H,1-4,7-9,11H2,(H,18,22). The molecule has 1 atom stereocenters. The maximum Gasteiger partial charge on any atom is 0.251 e. The summed E-state index contributed by atoms with van der Waals surface area (Å²) in [7, 11) is 0. The molecule has 0 aliphatic carbocycles. The van der Waals surface area contributed by atoms with Gasteiger partial charge in [-0.3, -0.25) is 9.69 Å². The number of phenols is 1. The van der Waals surface area contributed by atoms with E-state index in [0.29, 0.717) is 12.1 Å². The molecule has 2 rings (SSSR count). The fourth-order valence-electron chi connectivity index (χ4n) is 2.80. The van der Waals surface area contributed by atoms with Crippen LogP contribution in [-0.2, 0) is 0 Å². The molecule has 1 saturated heterocycles. The number of rotatable bonds is 6. The van der Waals surface area contributed by atoms with Gasteiger partial charge < -0.3 is 15.5 Å². The Morgan fingerprint density at radius 2 is 2.23 bits per heavy atom. The molecule has 1 heterocycles. The van der Waals surface area contributed by atoms with Gasteiger partial charge in [0.05, 0.1) is 11.6 Å². The van der Waals surface area contributed by atoms with Gasteiger partial charge in [0.1, 0.15) is 5.75 Å². The van der Waals surface area contributed by atoms with Crippen molar-refractivity contribution in [3.8, 4) is 5.75 Å². The van der Waals surface area contributed by atoms with E-state index in [1.54, 1.807) is 6.07 Å². The number of piperidine rings is 1. The van der Waals surface area contributed by atoms with E-state index >= 15 is 0 Å². The molecule has 1 fully saturated rings. The first-order valence-corrected chi connectivity index (χ1v) is 8.11. The molecular formula is C16H23ClN2O3. The van der Waals surface area contributed by atoms with E-state index < -0.39 is 0 Å². The zero-order chi connectivity index (χ0) is 15.9. The van der Waals surface area contributed by atoms with E-state index in [4.69, 9.17) is 11.6 Å². The van der Waals surface area contributed by atoms with Gasteiger partial charge in [0.2, 0.25) is 0 Å². The number of carbonyl (C=O) groups excluding carboxylic acids is 1. The van der Waals surface area contributed by atoms with Crippen LogP contribution in [0.2, 0.25) is 5.02 Å². The minimum absolute atomic E-state index is 0.0293. The van der Waals surface area contributed by atoms with Crippen LogP contribution in [0.3, 0.4) is 0 Å². The predicted molar refractivity (Wildman–Crippen MR) is 86.4 cm³/mol. The highest BCUT2D eigenvalue weighted by atomic mass is 35.5. The molecule has 1 aromatic rings. The van der Waals surface area contributed by atoms with Crippen molar-refractivity contribution >= 4 is 17.5 Å². The molecule has 1 unspecified atom stereocenters. The Hall–Kier alpha value is -1.30. The summed E-state index contributed by atoms with van der Waals surface area (Å²) in [5, 5.41) is 21.7. The lowest BCUT2D eigenvalue weighted by Crippen LogP contribution is -2.43. The number of halogens is 1. The number of phenolic OH excluding ortho intramolecular Hbond substituents is 1. The zero-order valence-corrected chi connectivity index (χ0v) is 13.4. The SMILES string of the molecule is O=C(NCCCN1CCCCC1CO)c1ccc(O)c(Cl)c1. The van der Waals surface area contributed by atoms with E-state index in [9.17, 15) is 15.0 Å². The van der Waals surface area contributed by atoms with Crippen LogP contribution in [0, 0.1) is 0 Å². The second-order valence-corrected chi connectivity index (χ2v) is 6.05. The summed E-state index contributed by atoms with van der Waals surface area (Å²) in [5.74, 6) is -0.224. The Morgan fingerprint density at radius 1 is 1.41 bits per heavy atom. The number of hydrogen-bond acceptors (Lipinski definition) is 4. The molecule has 3 N–H and O–H groups in total. The van der Waals surface area contributed by atoms with Gasteiger partial charge in [-0.25, -0.2) is 0 Å². The Kier molecular flexibility index (Phi) is 6.49. The maximum atomic E-state index is 12.0. The molecule has 0 bridgehead atoms. The van der Waals surface area contributed by atoms with Crippen LogP contribution in [-0.4, -0.2) is 53.3 Å². The Labute approximate surface area is 135 Å². The van der Waals surface area contributed by atoms with Crippen molar-refractivity contribution < 1.29 is 15.0 Å². The van der Waals surface area contributed by atoms with Crippen molar-refractivity contribution in [2.45, 2.75) is 31.7 Å². The van der Waals surface area contributed by atoms with Gasteiger partial charge in [-0.2, -0.15) is 0 Å². The summed E-state index contributed by atoms with van der Waals surface area (Å²) >= 11 is 5.79. The fourth-order valence-corrected chi connectivity index (χ4v) is 2.98. The first-order valence-electron chi connectivity index (χ1n) is 7.73. The minimum atomic E-state index is -0.195. The molecule has 0 radical (unpaired) electrons. The van der Waals surface area contributed by atoms with Gasteiger partial charge in [-0.05, 0) is 44.0 Å². The molecular weight excluding hydrogens is 304 g/mol. The number of aromatic hydroxyl groups is 1. The van der Waals surface area contributed by atoms with Gasteiger partial charge in [-0.15, -0.1) is 0 Å². The van der Waals surface area contributed by atoms with Crippen LogP contribution < -0.4 is 5.32 Å². The third-order valence-corrected chi connectivity index (χ3v) is 4.38. The van der Waals surface area contributed by atoms with Crippen molar-refractivity contribution in [3.05, 3.63) is 28.8 Å². The summed E-state index contributed by atoms with van der Waals surface area (Å²) in [5.41, 5.74) is 0.439. The van der Waals surface area contributed by atoms with Crippen molar-refractivity contribution in [1.82, 2.24) is 10.2 Å². The van der Waals surface area contributed by atoms with Crippen molar-refractivity contribution in [2.24, 2.45) is 0 Å². The minimum Gasteiger partial charge on any atom is -0.506 e. The van der Waals surface area contributed by atoms with E-state index in [0.717, 1.165) is 25.9 Å². The van der Waals surface area contributed by atoms with Gasteiger partial charge in [0.25, 0.3) is 5.91 Å². The van der Waals surface area contributed by atoms with Crippen LogP contribution in [0.25, 0.3) is 0 Å². The highest BCUT2D eigenvalue weighted by molar-refractivity contribution is 6.32.